The molecule has 1 aromatic carbocycles. The van der Waals surface area contributed by atoms with Crippen LogP contribution >= 0.6 is 0 Å². The number of allylic oxidation sites excluding steroid dienone is 3. The third-order valence-electron chi connectivity index (χ3n) is 5.86. The average molecular weight is 472 g/mol. The minimum absolute atomic E-state index is 0.0378. The van der Waals surface area contributed by atoms with E-state index < -0.39 is 6.04 Å². The minimum atomic E-state index is -0.412. The molecule has 2 atom stereocenters. The summed E-state index contributed by atoms with van der Waals surface area (Å²) in [5.41, 5.74) is 2.60. The van der Waals surface area contributed by atoms with E-state index in [1.807, 2.05) is 47.4 Å². The Morgan fingerprint density at radius 2 is 2.00 bits per heavy atom. The van der Waals surface area contributed by atoms with E-state index in [0.717, 1.165) is 37.1 Å². The summed E-state index contributed by atoms with van der Waals surface area (Å²) in [6, 6.07) is 12.9. The zero-order valence-electron chi connectivity index (χ0n) is 20.4. The maximum absolute atomic E-state index is 13.2. The zero-order valence-corrected chi connectivity index (χ0v) is 20.4. The van der Waals surface area contributed by atoms with E-state index in [-0.39, 0.29) is 17.6 Å². The Hall–Kier alpha value is -3.76. The van der Waals surface area contributed by atoms with E-state index in [9.17, 15) is 9.59 Å². The van der Waals surface area contributed by atoms with E-state index in [0.29, 0.717) is 24.5 Å². The molecule has 0 aliphatic heterocycles. The van der Waals surface area contributed by atoms with Gasteiger partial charge in [0.05, 0.1) is 36.1 Å². The summed E-state index contributed by atoms with van der Waals surface area (Å²) in [6.07, 6.45) is 12.2. The summed E-state index contributed by atoms with van der Waals surface area (Å²) in [7, 11) is 0. The summed E-state index contributed by atoms with van der Waals surface area (Å²) in [5.74, 6) is 0.479. The maximum Gasteiger partial charge on any atom is 0.243 e. The molecule has 0 spiro atoms. The van der Waals surface area contributed by atoms with Gasteiger partial charge in [-0.2, -0.15) is 5.26 Å². The second-order valence-corrected chi connectivity index (χ2v) is 8.72. The van der Waals surface area contributed by atoms with E-state index in [4.69, 9.17) is 5.26 Å². The Bertz CT molecular complexity index is 1080. The fourth-order valence-corrected chi connectivity index (χ4v) is 4.09. The molecule has 182 valence electrons. The number of hydrogen-bond acceptors (Lipinski definition) is 6. The van der Waals surface area contributed by atoms with Gasteiger partial charge in [0.1, 0.15) is 11.6 Å². The van der Waals surface area contributed by atoms with Gasteiger partial charge >= 0.3 is 0 Å². The predicted octanol–water partition coefficient (Wildman–Crippen LogP) is 4.03. The third kappa shape index (κ3) is 7.90. The van der Waals surface area contributed by atoms with Crippen LogP contribution < -0.4 is 15.5 Å². The first-order chi connectivity index (χ1) is 17.0. The van der Waals surface area contributed by atoms with Crippen LogP contribution in [0.2, 0.25) is 0 Å². The molecule has 1 aliphatic rings. The Kier molecular flexibility index (Phi) is 9.76. The van der Waals surface area contributed by atoms with Crippen molar-refractivity contribution in [1.82, 2.24) is 10.3 Å². The first kappa shape index (κ1) is 25.9. The number of nitriles is 1. The number of ketones is 1. The van der Waals surface area contributed by atoms with Gasteiger partial charge in [-0.15, -0.1) is 0 Å². The molecule has 7 heteroatoms. The van der Waals surface area contributed by atoms with E-state index in [1.165, 1.54) is 0 Å². The summed E-state index contributed by atoms with van der Waals surface area (Å²) in [6.45, 7) is 5.38. The molecule has 1 aliphatic carbocycles. The highest BCUT2D eigenvalue weighted by Gasteiger charge is 2.26. The van der Waals surface area contributed by atoms with Gasteiger partial charge in [0.2, 0.25) is 5.91 Å². The van der Waals surface area contributed by atoms with Gasteiger partial charge in [-0.05, 0) is 62.6 Å². The molecular weight excluding hydrogens is 438 g/mol. The van der Waals surface area contributed by atoms with E-state index in [1.54, 1.807) is 19.2 Å². The Labute approximate surface area is 207 Å². The van der Waals surface area contributed by atoms with Crippen molar-refractivity contribution in [2.75, 3.05) is 29.9 Å². The Balaban J connectivity index is 1.64. The minimum Gasteiger partial charge on any atom is -0.363 e. The lowest BCUT2D eigenvalue weighted by molar-refractivity contribution is -0.119. The molecule has 2 N–H and O–H groups in total. The number of anilines is 2. The van der Waals surface area contributed by atoms with Gasteiger partial charge in [-0.1, -0.05) is 43.4 Å². The lowest BCUT2D eigenvalue weighted by Crippen LogP contribution is -2.46. The van der Waals surface area contributed by atoms with Crippen LogP contribution in [0.15, 0.2) is 66.9 Å². The van der Waals surface area contributed by atoms with Crippen molar-refractivity contribution < 1.29 is 9.59 Å². The zero-order chi connectivity index (χ0) is 25.0. The van der Waals surface area contributed by atoms with Gasteiger partial charge in [-0.3, -0.25) is 9.59 Å². The average Bonchev–Trinajstić information content (AvgIpc) is 2.87. The predicted molar refractivity (Wildman–Crippen MR) is 139 cm³/mol. The lowest BCUT2D eigenvalue weighted by atomic mass is 9.91. The second-order valence-electron chi connectivity index (χ2n) is 8.72. The van der Waals surface area contributed by atoms with Crippen molar-refractivity contribution in [2.24, 2.45) is 5.92 Å². The fourth-order valence-electron chi connectivity index (χ4n) is 4.09. The number of aromatic nitrogens is 1. The van der Waals surface area contributed by atoms with Gasteiger partial charge in [0.15, 0.2) is 0 Å². The summed E-state index contributed by atoms with van der Waals surface area (Å²) >= 11 is 0. The number of amides is 1. The third-order valence-corrected chi connectivity index (χ3v) is 5.86. The van der Waals surface area contributed by atoms with Crippen LogP contribution in [0.1, 0.15) is 37.8 Å². The molecule has 0 saturated carbocycles. The number of carbonyl (C=O) groups excluding carboxylic acids is 2. The number of benzene rings is 1. The van der Waals surface area contributed by atoms with Crippen LogP contribution in [0.4, 0.5) is 11.5 Å². The molecule has 0 saturated heterocycles. The van der Waals surface area contributed by atoms with Crippen molar-refractivity contribution in [1.29, 1.82) is 5.26 Å². The molecule has 0 bridgehead atoms. The summed E-state index contributed by atoms with van der Waals surface area (Å²) in [5, 5.41) is 15.3. The van der Waals surface area contributed by atoms with Crippen molar-refractivity contribution in [2.45, 2.75) is 39.2 Å². The van der Waals surface area contributed by atoms with Gasteiger partial charge in [-0.25, -0.2) is 4.98 Å². The topological polar surface area (TPSA) is 98.1 Å². The van der Waals surface area contributed by atoms with Crippen LogP contribution in [0.25, 0.3) is 0 Å². The largest absolute Gasteiger partial charge is 0.363 e. The standard InChI is InChI=1S/C28H33N5O2/c1-3-17-33(20-21(2)34)25-13-14-26(31-19-25)32-28(35)27(24-7-5-4-6-8-24)30-16-15-22-9-11-23(18-29)12-10-22/h4-7,9-14,19,24,27,30H,3,8,15-17,20H2,1-2H3,(H,31,32,35). The summed E-state index contributed by atoms with van der Waals surface area (Å²) in [4.78, 5) is 31.3. The maximum atomic E-state index is 13.2. The normalized spacial score (nSPS) is 15.3. The molecule has 1 aromatic heterocycles. The van der Waals surface area contributed by atoms with Crippen LogP contribution in [-0.2, 0) is 16.0 Å². The monoisotopic (exact) mass is 471 g/mol. The van der Waals surface area contributed by atoms with Crippen LogP contribution in [0, 0.1) is 17.2 Å². The smallest absolute Gasteiger partial charge is 0.243 e. The number of Topliss-reactive ketones (excluding diaryl/α,β-unsaturated/α-hetero) is 1. The molecule has 0 radical (unpaired) electrons. The Morgan fingerprint density at radius 1 is 1.20 bits per heavy atom. The first-order valence-electron chi connectivity index (χ1n) is 12.1. The molecule has 3 rings (SSSR count). The van der Waals surface area contributed by atoms with Gasteiger partial charge in [0, 0.05) is 12.5 Å². The van der Waals surface area contributed by atoms with Crippen molar-refractivity contribution in [3.63, 3.8) is 0 Å². The second kappa shape index (κ2) is 13.2. The lowest BCUT2D eigenvalue weighted by Gasteiger charge is -2.26. The van der Waals surface area contributed by atoms with Crippen molar-refractivity contribution in [3.8, 4) is 6.07 Å². The van der Waals surface area contributed by atoms with Gasteiger partial charge < -0.3 is 15.5 Å². The molecule has 1 amide bonds. The number of hydrogen-bond donors (Lipinski definition) is 2. The fraction of sp³-hybridized carbons (Fsp3) is 0.357. The number of rotatable bonds is 12. The molecule has 0 fully saturated rings. The van der Waals surface area contributed by atoms with Crippen LogP contribution in [-0.4, -0.2) is 42.4 Å². The van der Waals surface area contributed by atoms with Crippen LogP contribution in [0.5, 0.6) is 0 Å². The summed E-state index contributed by atoms with van der Waals surface area (Å²) < 4.78 is 0. The molecule has 2 aromatic rings. The molecule has 35 heavy (non-hydrogen) atoms. The molecule has 2 unspecified atom stereocenters. The number of carbonyl (C=O) groups is 2. The highest BCUT2D eigenvalue weighted by atomic mass is 16.2. The number of pyridine rings is 1. The van der Waals surface area contributed by atoms with E-state index >= 15 is 0 Å². The molecule has 7 nitrogen and oxygen atoms in total. The highest BCUT2D eigenvalue weighted by molar-refractivity contribution is 5.94. The van der Waals surface area contributed by atoms with Crippen molar-refractivity contribution >= 4 is 23.2 Å². The SMILES string of the molecule is CCCN(CC(C)=O)c1ccc(NC(=O)C(NCCc2ccc(C#N)cc2)C2C=CC=CC2)nc1. The quantitative estimate of drug-likeness (QED) is 0.485. The molecular formula is C28H33N5O2. The van der Waals surface area contributed by atoms with Gasteiger partial charge in [0.25, 0.3) is 0 Å². The number of nitrogens with one attached hydrogen (secondary N) is 2. The van der Waals surface area contributed by atoms with Crippen molar-refractivity contribution in [3.05, 3.63) is 78.0 Å². The highest BCUT2D eigenvalue weighted by Crippen LogP contribution is 2.19. The Morgan fingerprint density at radius 3 is 2.60 bits per heavy atom. The van der Waals surface area contributed by atoms with Crippen LogP contribution in [0.3, 0.4) is 0 Å². The first-order valence-corrected chi connectivity index (χ1v) is 12.1. The number of nitrogens with zero attached hydrogens (tertiary/aromatic N) is 3. The van der Waals surface area contributed by atoms with E-state index in [2.05, 4.69) is 40.8 Å². The molecule has 1 heterocycles.